The van der Waals surface area contributed by atoms with Gasteiger partial charge in [0.2, 0.25) is 5.91 Å². The topological polar surface area (TPSA) is 61.4 Å². The average molecular weight is 255 g/mol. The van der Waals surface area contributed by atoms with Gasteiger partial charge in [0.25, 0.3) is 0 Å². The Morgan fingerprint density at radius 2 is 2.29 bits per heavy atom. The smallest absolute Gasteiger partial charge is 0.241 e. The Bertz CT molecular complexity index is 417. The molecule has 17 heavy (non-hydrogen) atoms. The van der Waals surface area contributed by atoms with Gasteiger partial charge >= 0.3 is 0 Å². The molecule has 0 saturated carbocycles. The van der Waals surface area contributed by atoms with Crippen molar-refractivity contribution in [1.29, 1.82) is 0 Å². The molecule has 0 aromatic heterocycles. The molecular weight excluding hydrogens is 240 g/mol. The number of aromatic hydroxyl groups is 1. The Morgan fingerprint density at radius 3 is 2.94 bits per heavy atom. The highest BCUT2D eigenvalue weighted by Gasteiger charge is 2.20. The van der Waals surface area contributed by atoms with Crippen molar-refractivity contribution in [3.8, 4) is 5.75 Å². The monoisotopic (exact) mass is 254 g/mol. The number of hydrogen-bond acceptors (Lipinski definition) is 3. The molecule has 1 amide bonds. The number of amides is 1. The summed E-state index contributed by atoms with van der Waals surface area (Å²) in [7, 11) is 0. The Labute approximate surface area is 105 Å². The lowest BCUT2D eigenvalue weighted by Gasteiger charge is -2.22. The quantitative estimate of drug-likeness (QED) is 0.709. The van der Waals surface area contributed by atoms with Gasteiger partial charge < -0.3 is 15.7 Å². The minimum Gasteiger partial charge on any atom is -0.506 e. The highest BCUT2D eigenvalue weighted by Crippen LogP contribution is 2.26. The number of carbonyl (C=O) groups excluding carboxylic acids is 1. The predicted octanol–water partition coefficient (Wildman–Crippen LogP) is 2.13. The minimum absolute atomic E-state index is 0.0143. The van der Waals surface area contributed by atoms with Crippen LogP contribution in [0, 0.1) is 0 Å². The highest BCUT2D eigenvalue weighted by atomic mass is 35.5. The largest absolute Gasteiger partial charge is 0.506 e. The van der Waals surface area contributed by atoms with Crippen LogP contribution in [0.5, 0.6) is 5.75 Å². The molecule has 1 atom stereocenters. The molecule has 4 nitrogen and oxygen atoms in total. The highest BCUT2D eigenvalue weighted by molar-refractivity contribution is 6.32. The van der Waals surface area contributed by atoms with Gasteiger partial charge in [-0.25, -0.2) is 0 Å². The maximum atomic E-state index is 11.9. The fraction of sp³-hybridized carbons (Fsp3) is 0.417. The van der Waals surface area contributed by atoms with Gasteiger partial charge in [0.15, 0.2) is 0 Å². The molecule has 1 heterocycles. The zero-order valence-corrected chi connectivity index (χ0v) is 10.1. The summed E-state index contributed by atoms with van der Waals surface area (Å²) in [5.41, 5.74) is 0.602. The summed E-state index contributed by atoms with van der Waals surface area (Å²) in [6.45, 7) is 0.883. The second-order valence-electron chi connectivity index (χ2n) is 4.16. The number of phenols is 1. The van der Waals surface area contributed by atoms with E-state index in [1.165, 1.54) is 12.1 Å². The van der Waals surface area contributed by atoms with E-state index in [9.17, 15) is 9.90 Å². The van der Waals surface area contributed by atoms with Crippen LogP contribution in [0.15, 0.2) is 18.2 Å². The Balaban J connectivity index is 1.99. The number of benzene rings is 1. The lowest BCUT2D eigenvalue weighted by atomic mass is 10.0. The summed E-state index contributed by atoms with van der Waals surface area (Å²) in [5, 5.41) is 15.5. The van der Waals surface area contributed by atoms with Crippen molar-refractivity contribution in [2.24, 2.45) is 0 Å². The number of anilines is 1. The van der Waals surface area contributed by atoms with Gasteiger partial charge in [-0.15, -0.1) is 0 Å². The third kappa shape index (κ3) is 3.11. The standard InChI is InChI=1S/C12H15ClN2O2/c13-9-7-8(4-5-11(9)16)15-12(17)10-3-1-2-6-14-10/h4-5,7,10,14,16H,1-3,6H2,(H,15,17)/t10-/m0/s1. The van der Waals surface area contributed by atoms with E-state index in [0.29, 0.717) is 5.69 Å². The second kappa shape index (κ2) is 5.38. The molecule has 0 aliphatic carbocycles. The van der Waals surface area contributed by atoms with Crippen LogP contribution >= 0.6 is 11.6 Å². The van der Waals surface area contributed by atoms with Gasteiger partial charge in [-0.05, 0) is 37.6 Å². The van der Waals surface area contributed by atoms with Crippen molar-refractivity contribution in [3.63, 3.8) is 0 Å². The molecule has 92 valence electrons. The third-order valence-corrected chi connectivity index (χ3v) is 3.14. The van der Waals surface area contributed by atoms with E-state index in [4.69, 9.17) is 11.6 Å². The number of piperidine rings is 1. The molecule has 1 aromatic rings. The number of rotatable bonds is 2. The van der Waals surface area contributed by atoms with E-state index < -0.39 is 0 Å². The first kappa shape index (κ1) is 12.2. The van der Waals surface area contributed by atoms with Gasteiger partial charge in [-0.1, -0.05) is 18.0 Å². The average Bonchev–Trinajstić information content (AvgIpc) is 2.35. The maximum absolute atomic E-state index is 11.9. The van der Waals surface area contributed by atoms with Crippen LogP contribution in [0.1, 0.15) is 19.3 Å². The van der Waals surface area contributed by atoms with Crippen LogP contribution in [0.25, 0.3) is 0 Å². The molecule has 1 aliphatic heterocycles. The van der Waals surface area contributed by atoms with Crippen molar-refractivity contribution >= 4 is 23.2 Å². The van der Waals surface area contributed by atoms with Gasteiger partial charge in [0.1, 0.15) is 5.75 Å². The minimum atomic E-state index is -0.128. The van der Waals surface area contributed by atoms with Crippen LogP contribution in [0.3, 0.4) is 0 Å². The number of phenolic OH excluding ortho intramolecular Hbond substituents is 1. The van der Waals surface area contributed by atoms with E-state index in [2.05, 4.69) is 10.6 Å². The summed E-state index contributed by atoms with van der Waals surface area (Å²) in [5.74, 6) is -0.0353. The second-order valence-corrected chi connectivity index (χ2v) is 4.57. The van der Waals surface area contributed by atoms with Crippen molar-refractivity contribution in [2.45, 2.75) is 25.3 Å². The Hall–Kier alpha value is -1.26. The lowest BCUT2D eigenvalue weighted by molar-refractivity contribution is -0.118. The molecule has 0 unspecified atom stereocenters. The van der Waals surface area contributed by atoms with Gasteiger partial charge in [0.05, 0.1) is 11.1 Å². The van der Waals surface area contributed by atoms with Crippen LogP contribution in [0.2, 0.25) is 5.02 Å². The van der Waals surface area contributed by atoms with Crippen molar-refractivity contribution in [3.05, 3.63) is 23.2 Å². The lowest BCUT2D eigenvalue weighted by Crippen LogP contribution is -2.43. The zero-order valence-electron chi connectivity index (χ0n) is 9.37. The molecule has 5 heteroatoms. The van der Waals surface area contributed by atoms with Crippen molar-refractivity contribution in [2.75, 3.05) is 11.9 Å². The summed E-state index contributed by atoms with van der Waals surface area (Å²) in [6.07, 6.45) is 3.05. The third-order valence-electron chi connectivity index (χ3n) is 2.84. The Morgan fingerprint density at radius 1 is 1.47 bits per heavy atom. The van der Waals surface area contributed by atoms with Gasteiger partial charge in [0, 0.05) is 5.69 Å². The predicted molar refractivity (Wildman–Crippen MR) is 67.4 cm³/mol. The fourth-order valence-corrected chi connectivity index (χ4v) is 2.07. The number of carbonyl (C=O) groups is 1. The number of hydrogen-bond donors (Lipinski definition) is 3. The molecule has 1 aromatic carbocycles. The molecular formula is C12H15ClN2O2. The summed E-state index contributed by atoms with van der Waals surface area (Å²) in [6, 6.07) is 4.50. The van der Waals surface area contributed by atoms with E-state index in [0.717, 1.165) is 25.8 Å². The summed E-state index contributed by atoms with van der Waals surface area (Å²) in [4.78, 5) is 11.9. The van der Waals surface area contributed by atoms with E-state index in [-0.39, 0.29) is 22.7 Å². The molecule has 0 bridgehead atoms. The van der Waals surface area contributed by atoms with E-state index >= 15 is 0 Å². The summed E-state index contributed by atoms with van der Waals surface area (Å²) < 4.78 is 0. The van der Waals surface area contributed by atoms with Crippen LogP contribution < -0.4 is 10.6 Å². The number of halogens is 1. The summed E-state index contributed by atoms with van der Waals surface area (Å²) >= 11 is 5.77. The Kier molecular flexibility index (Phi) is 3.86. The molecule has 1 fully saturated rings. The molecule has 0 radical (unpaired) electrons. The zero-order chi connectivity index (χ0) is 12.3. The normalized spacial score (nSPS) is 19.9. The van der Waals surface area contributed by atoms with E-state index in [1.54, 1.807) is 6.07 Å². The molecule has 0 spiro atoms. The molecule has 3 N–H and O–H groups in total. The van der Waals surface area contributed by atoms with Crippen molar-refractivity contribution < 1.29 is 9.90 Å². The molecule has 1 saturated heterocycles. The first-order chi connectivity index (χ1) is 8.16. The molecule has 1 aliphatic rings. The SMILES string of the molecule is O=C(Nc1ccc(O)c(Cl)c1)[C@@H]1CCCCN1. The molecule has 2 rings (SSSR count). The van der Waals surface area contributed by atoms with Gasteiger partial charge in [-0.3, -0.25) is 4.79 Å². The number of nitrogens with one attached hydrogen (secondary N) is 2. The van der Waals surface area contributed by atoms with Crippen LogP contribution in [-0.4, -0.2) is 23.6 Å². The van der Waals surface area contributed by atoms with E-state index in [1.807, 2.05) is 0 Å². The first-order valence-electron chi connectivity index (χ1n) is 5.69. The maximum Gasteiger partial charge on any atom is 0.241 e. The fourth-order valence-electron chi connectivity index (χ4n) is 1.89. The van der Waals surface area contributed by atoms with Crippen LogP contribution in [0.4, 0.5) is 5.69 Å². The van der Waals surface area contributed by atoms with Crippen LogP contribution in [-0.2, 0) is 4.79 Å². The van der Waals surface area contributed by atoms with Crippen molar-refractivity contribution in [1.82, 2.24) is 5.32 Å². The first-order valence-corrected chi connectivity index (χ1v) is 6.07. The van der Waals surface area contributed by atoms with Gasteiger partial charge in [-0.2, -0.15) is 0 Å².